The van der Waals surface area contributed by atoms with Gasteiger partial charge >= 0.3 is 0 Å². The van der Waals surface area contributed by atoms with Gasteiger partial charge in [-0.15, -0.1) is 0 Å². The first-order chi connectivity index (χ1) is 9.17. The van der Waals surface area contributed by atoms with E-state index in [0.717, 1.165) is 11.3 Å². The number of nitrogens with one attached hydrogen (secondary N) is 1. The van der Waals surface area contributed by atoms with E-state index in [0.29, 0.717) is 11.7 Å². The molecule has 0 saturated heterocycles. The predicted molar refractivity (Wildman–Crippen MR) is 67.6 cm³/mol. The van der Waals surface area contributed by atoms with Gasteiger partial charge in [0.05, 0.1) is 20.1 Å². The van der Waals surface area contributed by atoms with Crippen LogP contribution in [-0.4, -0.2) is 23.2 Å². The second kappa shape index (κ2) is 5.99. The van der Waals surface area contributed by atoms with Crippen LogP contribution in [0.5, 0.6) is 5.75 Å². The van der Waals surface area contributed by atoms with Crippen molar-refractivity contribution >= 4 is 5.91 Å². The van der Waals surface area contributed by atoms with Crippen LogP contribution in [0.3, 0.4) is 0 Å². The fourth-order valence-electron chi connectivity index (χ4n) is 1.62. The summed E-state index contributed by atoms with van der Waals surface area (Å²) >= 11 is 0. The van der Waals surface area contributed by atoms with Gasteiger partial charge in [0.1, 0.15) is 5.75 Å². The molecular formula is C13H15N3O3. The molecule has 0 bridgehead atoms. The van der Waals surface area contributed by atoms with E-state index in [1.54, 1.807) is 14.0 Å². The second-order valence-electron chi connectivity index (χ2n) is 4.04. The smallest absolute Gasteiger partial charge is 0.246 e. The fraction of sp³-hybridized carbons (Fsp3) is 0.308. The number of amides is 1. The highest BCUT2D eigenvalue weighted by Gasteiger charge is 2.07. The standard InChI is InChI=1S/C13H15N3O3/c1-9-15-13(19-16-9)8-14-12(17)7-10-4-3-5-11(6-10)18-2/h3-6H,7-8H2,1-2H3,(H,14,17). The van der Waals surface area contributed by atoms with Crippen LogP contribution in [0.2, 0.25) is 0 Å². The maximum absolute atomic E-state index is 11.8. The molecule has 1 heterocycles. The maximum atomic E-state index is 11.8. The zero-order valence-corrected chi connectivity index (χ0v) is 10.8. The third-order valence-electron chi connectivity index (χ3n) is 2.51. The molecule has 1 aromatic carbocycles. The van der Waals surface area contributed by atoms with Crippen molar-refractivity contribution < 1.29 is 14.1 Å². The molecule has 2 aromatic rings. The number of rotatable bonds is 5. The minimum absolute atomic E-state index is 0.107. The van der Waals surface area contributed by atoms with Gasteiger partial charge in [-0.2, -0.15) is 4.98 Å². The molecule has 6 heteroatoms. The molecule has 1 N–H and O–H groups in total. The normalized spacial score (nSPS) is 10.2. The molecule has 0 fully saturated rings. The SMILES string of the molecule is COc1cccc(CC(=O)NCc2nc(C)no2)c1. The zero-order chi connectivity index (χ0) is 13.7. The van der Waals surface area contributed by atoms with Gasteiger partial charge in [-0.3, -0.25) is 4.79 Å². The summed E-state index contributed by atoms with van der Waals surface area (Å²) in [5.74, 6) is 1.58. The molecule has 6 nitrogen and oxygen atoms in total. The van der Waals surface area contributed by atoms with E-state index >= 15 is 0 Å². The molecule has 0 saturated carbocycles. The van der Waals surface area contributed by atoms with Crippen LogP contribution in [-0.2, 0) is 17.8 Å². The van der Waals surface area contributed by atoms with Gasteiger partial charge in [-0.05, 0) is 24.6 Å². The van der Waals surface area contributed by atoms with Crippen molar-refractivity contribution in [2.75, 3.05) is 7.11 Å². The summed E-state index contributed by atoms with van der Waals surface area (Å²) in [7, 11) is 1.59. The first kappa shape index (κ1) is 13.1. The van der Waals surface area contributed by atoms with Crippen LogP contribution in [0.1, 0.15) is 17.3 Å². The summed E-state index contributed by atoms with van der Waals surface area (Å²) < 4.78 is 10.0. The highest BCUT2D eigenvalue weighted by atomic mass is 16.5. The molecule has 2 rings (SSSR count). The number of aryl methyl sites for hydroxylation is 1. The van der Waals surface area contributed by atoms with Crippen LogP contribution >= 0.6 is 0 Å². The van der Waals surface area contributed by atoms with Gasteiger partial charge in [0.15, 0.2) is 5.82 Å². The molecule has 100 valence electrons. The number of nitrogens with zero attached hydrogens (tertiary/aromatic N) is 2. The molecule has 1 amide bonds. The van der Waals surface area contributed by atoms with Gasteiger partial charge in [-0.25, -0.2) is 0 Å². The van der Waals surface area contributed by atoms with E-state index in [-0.39, 0.29) is 18.9 Å². The first-order valence-corrected chi connectivity index (χ1v) is 5.86. The van der Waals surface area contributed by atoms with Crippen molar-refractivity contribution in [1.29, 1.82) is 0 Å². The number of benzene rings is 1. The van der Waals surface area contributed by atoms with Crippen LogP contribution < -0.4 is 10.1 Å². The van der Waals surface area contributed by atoms with Crippen LogP contribution in [0.15, 0.2) is 28.8 Å². The number of carbonyl (C=O) groups is 1. The van der Waals surface area contributed by atoms with Gasteiger partial charge in [0.25, 0.3) is 0 Å². The Labute approximate surface area is 110 Å². The monoisotopic (exact) mass is 261 g/mol. The van der Waals surface area contributed by atoms with E-state index in [1.165, 1.54) is 0 Å². The zero-order valence-electron chi connectivity index (χ0n) is 10.8. The average molecular weight is 261 g/mol. The molecule has 1 aromatic heterocycles. The molecule has 0 radical (unpaired) electrons. The number of hydrogen-bond acceptors (Lipinski definition) is 5. The number of ether oxygens (including phenoxy) is 1. The highest BCUT2D eigenvalue weighted by Crippen LogP contribution is 2.12. The molecular weight excluding hydrogens is 246 g/mol. The molecule has 0 aliphatic rings. The Bertz CT molecular complexity index is 566. The highest BCUT2D eigenvalue weighted by molar-refractivity contribution is 5.78. The molecule has 0 atom stereocenters. The number of carbonyl (C=O) groups excluding carboxylic acids is 1. The lowest BCUT2D eigenvalue weighted by Crippen LogP contribution is -2.24. The number of methoxy groups -OCH3 is 1. The van der Waals surface area contributed by atoms with Gasteiger partial charge in [0, 0.05) is 0 Å². The first-order valence-electron chi connectivity index (χ1n) is 5.86. The second-order valence-corrected chi connectivity index (χ2v) is 4.04. The Balaban J connectivity index is 1.86. The third kappa shape index (κ3) is 3.80. The van der Waals surface area contributed by atoms with Crippen LogP contribution in [0.4, 0.5) is 0 Å². The van der Waals surface area contributed by atoms with Gasteiger partial charge in [0.2, 0.25) is 11.8 Å². The van der Waals surface area contributed by atoms with Crippen molar-refractivity contribution in [3.63, 3.8) is 0 Å². The third-order valence-corrected chi connectivity index (χ3v) is 2.51. The molecule has 0 aliphatic carbocycles. The lowest BCUT2D eigenvalue weighted by atomic mass is 10.1. The lowest BCUT2D eigenvalue weighted by Gasteiger charge is -2.04. The minimum atomic E-state index is -0.107. The Hall–Kier alpha value is -2.37. The summed E-state index contributed by atoms with van der Waals surface area (Å²) in [4.78, 5) is 15.8. The van der Waals surface area contributed by atoms with E-state index in [4.69, 9.17) is 9.26 Å². The molecule has 0 unspecified atom stereocenters. The minimum Gasteiger partial charge on any atom is -0.497 e. The van der Waals surface area contributed by atoms with Crippen LogP contribution in [0.25, 0.3) is 0 Å². The maximum Gasteiger partial charge on any atom is 0.246 e. The van der Waals surface area contributed by atoms with E-state index in [9.17, 15) is 4.79 Å². The number of aromatic nitrogens is 2. The summed E-state index contributed by atoms with van der Waals surface area (Å²) in [6, 6.07) is 7.39. The summed E-state index contributed by atoms with van der Waals surface area (Å²) in [6.45, 7) is 1.97. The Morgan fingerprint density at radius 2 is 2.32 bits per heavy atom. The van der Waals surface area contributed by atoms with Crippen LogP contribution in [0, 0.1) is 6.92 Å². The molecule has 19 heavy (non-hydrogen) atoms. The number of hydrogen-bond donors (Lipinski definition) is 1. The van der Waals surface area contributed by atoms with E-state index in [1.807, 2.05) is 24.3 Å². The van der Waals surface area contributed by atoms with Crippen molar-refractivity contribution in [3.05, 3.63) is 41.5 Å². The molecule has 0 spiro atoms. The van der Waals surface area contributed by atoms with Gasteiger partial charge < -0.3 is 14.6 Å². The Morgan fingerprint density at radius 1 is 1.47 bits per heavy atom. The topological polar surface area (TPSA) is 77.2 Å². The van der Waals surface area contributed by atoms with Crippen molar-refractivity contribution in [1.82, 2.24) is 15.5 Å². The van der Waals surface area contributed by atoms with E-state index in [2.05, 4.69) is 15.5 Å². The lowest BCUT2D eigenvalue weighted by molar-refractivity contribution is -0.120. The largest absolute Gasteiger partial charge is 0.497 e. The molecule has 0 aliphatic heterocycles. The van der Waals surface area contributed by atoms with Crippen molar-refractivity contribution in [2.24, 2.45) is 0 Å². The predicted octanol–water partition coefficient (Wildman–Crippen LogP) is 1.25. The summed E-state index contributed by atoms with van der Waals surface area (Å²) in [5.41, 5.74) is 0.888. The summed E-state index contributed by atoms with van der Waals surface area (Å²) in [5, 5.41) is 6.37. The van der Waals surface area contributed by atoms with E-state index < -0.39 is 0 Å². The fourth-order valence-corrected chi connectivity index (χ4v) is 1.62. The van der Waals surface area contributed by atoms with Crippen molar-refractivity contribution in [3.8, 4) is 5.75 Å². The van der Waals surface area contributed by atoms with Gasteiger partial charge in [-0.1, -0.05) is 17.3 Å². The summed E-state index contributed by atoms with van der Waals surface area (Å²) in [6.07, 6.45) is 0.282. The van der Waals surface area contributed by atoms with Crippen molar-refractivity contribution in [2.45, 2.75) is 19.9 Å². The average Bonchev–Trinajstić information content (AvgIpc) is 2.82. The quantitative estimate of drug-likeness (QED) is 0.876. The Kier molecular flexibility index (Phi) is 4.12. The Morgan fingerprint density at radius 3 is 3.00 bits per heavy atom.